The van der Waals surface area contributed by atoms with E-state index in [1.165, 1.54) is 47.0 Å². The SMILES string of the molecule is O=C(c1ccccc1C(F)(F)F)N1CCN=C1SCc1cccc(F)c1. The number of hydrogen-bond acceptors (Lipinski definition) is 3. The van der Waals surface area contributed by atoms with Gasteiger partial charge in [-0.1, -0.05) is 36.0 Å². The van der Waals surface area contributed by atoms with Crippen LogP contribution in [0.25, 0.3) is 0 Å². The number of thioether (sulfide) groups is 1. The van der Waals surface area contributed by atoms with E-state index in [0.29, 0.717) is 23.0 Å². The van der Waals surface area contributed by atoms with Crippen molar-refractivity contribution in [3.8, 4) is 0 Å². The summed E-state index contributed by atoms with van der Waals surface area (Å²) in [6.45, 7) is 0.544. The molecule has 136 valence electrons. The zero-order valence-corrected chi connectivity index (χ0v) is 14.3. The number of carbonyl (C=O) groups is 1. The van der Waals surface area contributed by atoms with E-state index in [9.17, 15) is 22.4 Å². The first-order valence-electron chi connectivity index (χ1n) is 7.76. The summed E-state index contributed by atoms with van der Waals surface area (Å²) in [4.78, 5) is 18.1. The Morgan fingerprint density at radius 1 is 1.15 bits per heavy atom. The quantitative estimate of drug-likeness (QED) is 0.728. The minimum Gasteiger partial charge on any atom is -0.286 e. The summed E-state index contributed by atoms with van der Waals surface area (Å²) in [5.41, 5.74) is -0.667. The maximum atomic E-state index is 13.2. The molecular formula is C18H14F4N2OS. The molecule has 2 aromatic rings. The fraction of sp³-hybridized carbons (Fsp3) is 0.222. The summed E-state index contributed by atoms with van der Waals surface area (Å²) in [5.74, 6) is -0.745. The number of alkyl halides is 3. The van der Waals surface area contributed by atoms with E-state index >= 15 is 0 Å². The van der Waals surface area contributed by atoms with Gasteiger partial charge >= 0.3 is 6.18 Å². The van der Waals surface area contributed by atoms with Gasteiger partial charge in [-0.05, 0) is 29.8 Å². The lowest BCUT2D eigenvalue weighted by atomic mass is 10.1. The van der Waals surface area contributed by atoms with Crippen molar-refractivity contribution in [1.82, 2.24) is 4.90 Å². The molecule has 0 unspecified atom stereocenters. The minimum absolute atomic E-state index is 0.219. The molecule has 0 atom stereocenters. The minimum atomic E-state index is -4.61. The van der Waals surface area contributed by atoms with E-state index in [1.54, 1.807) is 12.1 Å². The molecule has 3 nitrogen and oxygen atoms in total. The normalized spacial score (nSPS) is 14.5. The second-order valence-corrected chi connectivity index (χ2v) is 6.53. The van der Waals surface area contributed by atoms with Crippen LogP contribution in [-0.2, 0) is 11.9 Å². The van der Waals surface area contributed by atoms with Crippen LogP contribution in [-0.4, -0.2) is 29.1 Å². The van der Waals surface area contributed by atoms with E-state index in [-0.39, 0.29) is 12.4 Å². The summed E-state index contributed by atoms with van der Waals surface area (Å²) in [7, 11) is 0. The molecule has 0 bridgehead atoms. The molecule has 3 rings (SSSR count). The van der Waals surface area contributed by atoms with Crippen LogP contribution >= 0.6 is 11.8 Å². The lowest BCUT2D eigenvalue weighted by molar-refractivity contribution is -0.138. The van der Waals surface area contributed by atoms with Gasteiger partial charge in [0.05, 0.1) is 17.7 Å². The van der Waals surface area contributed by atoms with E-state index in [2.05, 4.69) is 4.99 Å². The molecule has 2 aromatic carbocycles. The van der Waals surface area contributed by atoms with Crippen LogP contribution in [0, 0.1) is 5.82 Å². The smallest absolute Gasteiger partial charge is 0.286 e. The number of amides is 1. The Bertz CT molecular complexity index is 851. The first-order valence-corrected chi connectivity index (χ1v) is 8.74. The predicted octanol–water partition coefficient (Wildman–Crippen LogP) is 4.59. The highest BCUT2D eigenvalue weighted by molar-refractivity contribution is 8.13. The third kappa shape index (κ3) is 4.07. The number of nitrogens with zero attached hydrogens (tertiary/aromatic N) is 2. The fourth-order valence-corrected chi connectivity index (χ4v) is 3.56. The molecule has 0 saturated heterocycles. The van der Waals surface area contributed by atoms with Crippen molar-refractivity contribution in [2.45, 2.75) is 11.9 Å². The van der Waals surface area contributed by atoms with Crippen molar-refractivity contribution in [3.05, 3.63) is 71.0 Å². The van der Waals surface area contributed by atoms with E-state index in [0.717, 1.165) is 6.07 Å². The zero-order chi connectivity index (χ0) is 18.7. The monoisotopic (exact) mass is 382 g/mol. The fourth-order valence-electron chi connectivity index (χ4n) is 2.58. The highest BCUT2D eigenvalue weighted by Crippen LogP contribution is 2.33. The summed E-state index contributed by atoms with van der Waals surface area (Å²) in [5, 5.41) is 0.344. The highest BCUT2D eigenvalue weighted by atomic mass is 32.2. The van der Waals surface area contributed by atoms with Crippen LogP contribution < -0.4 is 0 Å². The van der Waals surface area contributed by atoms with Gasteiger partial charge in [-0.25, -0.2) is 4.39 Å². The average Bonchev–Trinajstić information content (AvgIpc) is 3.07. The van der Waals surface area contributed by atoms with E-state index in [4.69, 9.17) is 0 Å². The third-order valence-corrected chi connectivity index (χ3v) is 4.85. The zero-order valence-electron chi connectivity index (χ0n) is 13.5. The van der Waals surface area contributed by atoms with Crippen molar-refractivity contribution < 1.29 is 22.4 Å². The Morgan fingerprint density at radius 3 is 2.65 bits per heavy atom. The van der Waals surface area contributed by atoms with Crippen LogP contribution in [0.2, 0.25) is 0 Å². The van der Waals surface area contributed by atoms with Gasteiger partial charge in [0.25, 0.3) is 5.91 Å². The van der Waals surface area contributed by atoms with Gasteiger partial charge in [-0.15, -0.1) is 0 Å². The standard InChI is InChI=1S/C18H14F4N2OS/c19-13-5-3-4-12(10-13)11-26-17-23-8-9-24(17)16(25)14-6-1-2-7-15(14)18(20,21)22/h1-7,10H,8-9,11H2. The molecule has 0 spiro atoms. The molecular weight excluding hydrogens is 368 g/mol. The molecule has 1 heterocycles. The van der Waals surface area contributed by atoms with Gasteiger partial charge in [0.2, 0.25) is 0 Å². The van der Waals surface area contributed by atoms with Crippen molar-refractivity contribution in [2.75, 3.05) is 13.1 Å². The largest absolute Gasteiger partial charge is 0.417 e. The number of amidine groups is 1. The van der Waals surface area contributed by atoms with Gasteiger partial charge < -0.3 is 0 Å². The van der Waals surface area contributed by atoms with Gasteiger partial charge in [0.1, 0.15) is 5.82 Å². The molecule has 0 N–H and O–H groups in total. The molecule has 0 saturated carbocycles. The first kappa shape index (κ1) is 18.4. The van der Waals surface area contributed by atoms with Crippen molar-refractivity contribution in [3.63, 3.8) is 0 Å². The molecule has 26 heavy (non-hydrogen) atoms. The summed E-state index contributed by atoms with van der Waals surface area (Å²) in [6.07, 6.45) is -4.61. The molecule has 1 aliphatic rings. The number of rotatable bonds is 3. The molecule has 8 heteroatoms. The Hall–Kier alpha value is -2.35. The number of hydrogen-bond donors (Lipinski definition) is 0. The van der Waals surface area contributed by atoms with E-state index < -0.39 is 23.2 Å². The maximum absolute atomic E-state index is 13.2. The molecule has 0 radical (unpaired) electrons. The van der Waals surface area contributed by atoms with E-state index in [1.807, 2.05) is 0 Å². The van der Waals surface area contributed by atoms with Gasteiger partial charge in [0.15, 0.2) is 5.17 Å². The Balaban J connectivity index is 1.77. The summed E-state index contributed by atoms with van der Waals surface area (Å²) in [6, 6.07) is 10.7. The second-order valence-electron chi connectivity index (χ2n) is 5.58. The van der Waals surface area contributed by atoms with Crippen molar-refractivity contribution in [1.29, 1.82) is 0 Å². The second kappa shape index (κ2) is 7.49. The summed E-state index contributed by atoms with van der Waals surface area (Å²) >= 11 is 1.20. The number of halogens is 4. The van der Waals surface area contributed by atoms with Gasteiger partial charge in [0, 0.05) is 12.3 Å². The van der Waals surface area contributed by atoms with Crippen LogP contribution in [0.15, 0.2) is 53.5 Å². The Morgan fingerprint density at radius 2 is 1.92 bits per heavy atom. The molecule has 1 aliphatic heterocycles. The lowest BCUT2D eigenvalue weighted by Gasteiger charge is -2.20. The van der Waals surface area contributed by atoms with Gasteiger partial charge in [-0.2, -0.15) is 13.2 Å². The average molecular weight is 382 g/mol. The van der Waals surface area contributed by atoms with Crippen LogP contribution in [0.1, 0.15) is 21.5 Å². The Kier molecular flexibility index (Phi) is 5.31. The van der Waals surface area contributed by atoms with Crippen molar-refractivity contribution in [2.24, 2.45) is 4.99 Å². The van der Waals surface area contributed by atoms with Crippen molar-refractivity contribution >= 4 is 22.8 Å². The maximum Gasteiger partial charge on any atom is 0.417 e. The number of carbonyl (C=O) groups excluding carboxylic acids is 1. The summed E-state index contributed by atoms with van der Waals surface area (Å²) < 4.78 is 52.7. The molecule has 0 fully saturated rings. The van der Waals surface area contributed by atoms with Gasteiger partial charge in [-0.3, -0.25) is 14.7 Å². The lowest BCUT2D eigenvalue weighted by Crippen LogP contribution is -2.34. The highest BCUT2D eigenvalue weighted by Gasteiger charge is 2.37. The molecule has 0 aromatic heterocycles. The van der Waals surface area contributed by atoms with Crippen LogP contribution in [0.3, 0.4) is 0 Å². The number of benzene rings is 2. The third-order valence-electron chi connectivity index (χ3n) is 3.77. The molecule has 0 aliphatic carbocycles. The Labute approximate surface area is 151 Å². The van der Waals surface area contributed by atoms with Crippen LogP contribution in [0.5, 0.6) is 0 Å². The number of aliphatic imine (C=N–C) groups is 1. The predicted molar refractivity (Wildman–Crippen MR) is 92.5 cm³/mol. The molecule has 1 amide bonds. The first-order chi connectivity index (χ1) is 12.4. The van der Waals surface area contributed by atoms with Crippen LogP contribution in [0.4, 0.5) is 17.6 Å². The topological polar surface area (TPSA) is 32.7 Å².